The molecule has 0 saturated heterocycles. The van der Waals surface area contributed by atoms with Gasteiger partial charge in [-0.2, -0.15) is 9.78 Å². The van der Waals surface area contributed by atoms with E-state index in [9.17, 15) is 14.4 Å². The van der Waals surface area contributed by atoms with Crippen LogP contribution >= 0.6 is 0 Å². The van der Waals surface area contributed by atoms with Crippen LogP contribution in [-0.2, 0) is 13.1 Å². The summed E-state index contributed by atoms with van der Waals surface area (Å²) in [6, 6.07) is 18.0. The molecule has 2 aromatic carbocycles. The van der Waals surface area contributed by atoms with Crippen LogP contribution < -0.4 is 16.6 Å². The Hall–Kier alpha value is -4.20. The monoisotopic (exact) mass is 430 g/mol. The minimum absolute atomic E-state index is 0.0200. The van der Waals surface area contributed by atoms with E-state index in [1.807, 2.05) is 44.2 Å². The van der Waals surface area contributed by atoms with E-state index in [4.69, 9.17) is 4.42 Å². The van der Waals surface area contributed by atoms with Gasteiger partial charge in [-0.05, 0) is 49.2 Å². The van der Waals surface area contributed by atoms with Crippen molar-refractivity contribution in [1.82, 2.24) is 19.7 Å². The molecule has 0 atom stereocenters. The number of nitrogens with one attached hydrogen (secondary N) is 1. The third-order valence-electron chi connectivity index (χ3n) is 4.95. The van der Waals surface area contributed by atoms with E-state index in [1.165, 1.54) is 6.26 Å². The second kappa shape index (κ2) is 8.89. The Kier molecular flexibility index (Phi) is 5.85. The van der Waals surface area contributed by atoms with E-state index in [2.05, 4.69) is 10.4 Å². The molecular weight excluding hydrogens is 408 g/mol. The molecule has 0 bridgehead atoms. The van der Waals surface area contributed by atoms with Gasteiger partial charge in [-0.25, -0.2) is 4.79 Å². The summed E-state index contributed by atoms with van der Waals surface area (Å²) in [5.41, 5.74) is 1.41. The van der Waals surface area contributed by atoms with Crippen LogP contribution in [0.25, 0.3) is 5.69 Å². The van der Waals surface area contributed by atoms with Gasteiger partial charge in [-0.1, -0.05) is 42.0 Å². The predicted octanol–water partition coefficient (Wildman–Crippen LogP) is 2.58. The lowest BCUT2D eigenvalue weighted by molar-refractivity contribution is 0.0938. The lowest BCUT2D eigenvalue weighted by Crippen LogP contribution is -2.46. The van der Waals surface area contributed by atoms with E-state index in [1.54, 1.807) is 30.3 Å². The lowest BCUT2D eigenvalue weighted by Gasteiger charge is -2.13. The zero-order valence-electron chi connectivity index (χ0n) is 17.7. The summed E-state index contributed by atoms with van der Waals surface area (Å²) in [6.07, 6.45) is 1.49. The lowest BCUT2D eigenvalue weighted by atomic mass is 10.1. The fraction of sp³-hybridized carbons (Fsp3) is 0.167. The largest absolute Gasteiger partial charge is 0.467 e. The molecule has 0 aliphatic rings. The maximum atomic E-state index is 13.2. The van der Waals surface area contributed by atoms with Gasteiger partial charge in [0.25, 0.3) is 11.5 Å². The number of hydrogen-bond acceptors (Lipinski definition) is 5. The van der Waals surface area contributed by atoms with E-state index >= 15 is 0 Å². The van der Waals surface area contributed by atoms with Crippen molar-refractivity contribution in [3.8, 4) is 5.69 Å². The molecule has 0 saturated carbocycles. The fourth-order valence-corrected chi connectivity index (χ4v) is 3.38. The topological polar surface area (TPSA) is 99.1 Å². The molecule has 2 heterocycles. The molecule has 1 N–H and O–H groups in total. The summed E-state index contributed by atoms with van der Waals surface area (Å²) in [5, 5.41) is 6.76. The Morgan fingerprint density at radius 3 is 2.44 bits per heavy atom. The number of furan rings is 1. The van der Waals surface area contributed by atoms with Crippen LogP contribution in [0.1, 0.15) is 32.9 Å². The summed E-state index contributed by atoms with van der Waals surface area (Å²) in [7, 11) is 0. The van der Waals surface area contributed by atoms with Crippen LogP contribution in [0, 0.1) is 13.8 Å². The Morgan fingerprint density at radius 1 is 1.00 bits per heavy atom. The molecule has 0 fully saturated rings. The van der Waals surface area contributed by atoms with Crippen molar-refractivity contribution >= 4 is 5.91 Å². The van der Waals surface area contributed by atoms with E-state index in [0.717, 1.165) is 25.9 Å². The maximum absolute atomic E-state index is 13.2. The third kappa shape index (κ3) is 4.44. The molecular formula is C24H22N4O4. The highest BCUT2D eigenvalue weighted by atomic mass is 16.3. The van der Waals surface area contributed by atoms with Crippen LogP contribution in [0.4, 0.5) is 0 Å². The predicted molar refractivity (Wildman–Crippen MR) is 119 cm³/mol. The first-order valence-corrected chi connectivity index (χ1v) is 10.1. The zero-order valence-corrected chi connectivity index (χ0v) is 17.7. The first-order valence-electron chi connectivity index (χ1n) is 10.1. The van der Waals surface area contributed by atoms with Crippen LogP contribution in [0.5, 0.6) is 0 Å². The fourth-order valence-electron chi connectivity index (χ4n) is 3.38. The summed E-state index contributed by atoms with van der Waals surface area (Å²) >= 11 is 0. The van der Waals surface area contributed by atoms with Crippen LogP contribution in [0.2, 0.25) is 0 Å². The van der Waals surface area contributed by atoms with Crippen LogP contribution in [0.15, 0.2) is 80.9 Å². The summed E-state index contributed by atoms with van der Waals surface area (Å²) in [5.74, 6) is -0.156. The van der Waals surface area contributed by atoms with Crippen molar-refractivity contribution in [2.45, 2.75) is 26.9 Å². The minimum Gasteiger partial charge on any atom is -0.467 e. The number of benzene rings is 2. The SMILES string of the molecule is Cc1cccc(Cn2c(=O)c(C(=O)NCc3ccco3)nn(-c3cccc(C)c3)c2=O)c1. The Bertz CT molecular complexity index is 1380. The van der Waals surface area contributed by atoms with Gasteiger partial charge in [0.15, 0.2) is 0 Å². The molecule has 0 aliphatic carbocycles. The summed E-state index contributed by atoms with van der Waals surface area (Å²) in [6.45, 7) is 3.92. The van der Waals surface area contributed by atoms with Crippen molar-refractivity contribution in [2.75, 3.05) is 0 Å². The van der Waals surface area contributed by atoms with Gasteiger partial charge < -0.3 is 9.73 Å². The number of rotatable bonds is 6. The number of nitrogens with zero attached hydrogens (tertiary/aromatic N) is 3. The molecule has 0 spiro atoms. The average Bonchev–Trinajstić information content (AvgIpc) is 3.29. The Labute approximate surface area is 183 Å². The van der Waals surface area contributed by atoms with Crippen LogP contribution in [-0.4, -0.2) is 20.3 Å². The number of aryl methyl sites for hydroxylation is 2. The highest BCUT2D eigenvalue weighted by Crippen LogP contribution is 2.08. The Morgan fingerprint density at radius 2 is 1.75 bits per heavy atom. The van der Waals surface area contributed by atoms with E-state index in [0.29, 0.717) is 11.4 Å². The van der Waals surface area contributed by atoms with Gasteiger partial charge in [0.2, 0.25) is 5.69 Å². The molecule has 0 radical (unpaired) electrons. The molecule has 8 nitrogen and oxygen atoms in total. The number of carbonyl (C=O) groups is 1. The van der Waals surface area contributed by atoms with Gasteiger partial charge in [0.1, 0.15) is 5.76 Å². The quantitative estimate of drug-likeness (QED) is 0.507. The summed E-state index contributed by atoms with van der Waals surface area (Å²) in [4.78, 5) is 39.2. The van der Waals surface area contributed by atoms with Gasteiger partial charge in [-0.3, -0.25) is 14.2 Å². The number of carbonyl (C=O) groups excluding carboxylic acids is 1. The normalized spacial score (nSPS) is 10.8. The van der Waals surface area contributed by atoms with Crippen molar-refractivity contribution < 1.29 is 9.21 Å². The number of aromatic nitrogens is 3. The zero-order chi connectivity index (χ0) is 22.7. The average molecular weight is 430 g/mol. The van der Waals surface area contributed by atoms with Gasteiger partial charge in [-0.15, -0.1) is 0 Å². The van der Waals surface area contributed by atoms with Crippen molar-refractivity contribution in [1.29, 1.82) is 0 Å². The highest BCUT2D eigenvalue weighted by molar-refractivity contribution is 5.91. The molecule has 32 heavy (non-hydrogen) atoms. The maximum Gasteiger partial charge on any atom is 0.352 e. The first-order chi connectivity index (χ1) is 15.4. The van der Waals surface area contributed by atoms with Crippen molar-refractivity contribution in [3.05, 3.63) is 116 Å². The van der Waals surface area contributed by atoms with Crippen molar-refractivity contribution in [3.63, 3.8) is 0 Å². The molecule has 4 aromatic rings. The third-order valence-corrected chi connectivity index (χ3v) is 4.95. The first kappa shape index (κ1) is 21.0. The molecule has 1 amide bonds. The Balaban J connectivity index is 1.81. The van der Waals surface area contributed by atoms with E-state index in [-0.39, 0.29) is 18.8 Å². The van der Waals surface area contributed by atoms with Crippen molar-refractivity contribution in [2.24, 2.45) is 0 Å². The molecule has 0 unspecified atom stereocenters. The standard InChI is InChI=1S/C24H22N4O4/c1-16-6-3-8-18(12-16)15-27-23(30)21(22(29)25-14-20-10-5-11-32-20)26-28(24(27)31)19-9-4-7-17(2)13-19/h3-13H,14-15H2,1-2H3,(H,25,29). The number of amides is 1. The van der Waals surface area contributed by atoms with Crippen LogP contribution in [0.3, 0.4) is 0 Å². The molecule has 2 aromatic heterocycles. The smallest absolute Gasteiger partial charge is 0.352 e. The molecule has 0 aliphatic heterocycles. The van der Waals surface area contributed by atoms with Gasteiger partial charge >= 0.3 is 5.69 Å². The minimum atomic E-state index is -0.752. The number of hydrogen-bond donors (Lipinski definition) is 1. The van der Waals surface area contributed by atoms with Gasteiger partial charge in [0, 0.05) is 0 Å². The molecule has 8 heteroatoms. The molecule has 162 valence electrons. The second-order valence-corrected chi connectivity index (χ2v) is 7.52. The van der Waals surface area contributed by atoms with Gasteiger partial charge in [0.05, 0.1) is 25.0 Å². The molecule has 4 rings (SSSR count). The van der Waals surface area contributed by atoms with E-state index < -0.39 is 17.2 Å². The highest BCUT2D eigenvalue weighted by Gasteiger charge is 2.20. The second-order valence-electron chi connectivity index (χ2n) is 7.52. The summed E-state index contributed by atoms with van der Waals surface area (Å²) < 4.78 is 7.34.